The number of ether oxygens (including phenoxy) is 2. The predicted octanol–water partition coefficient (Wildman–Crippen LogP) is 0.924. The first-order valence-corrected chi connectivity index (χ1v) is 7.59. The molecule has 3 rings (SSSR count). The highest BCUT2D eigenvalue weighted by Gasteiger charge is 2.39. The number of nitrogens with zero attached hydrogens (tertiary/aromatic N) is 1. The van der Waals surface area contributed by atoms with Crippen LogP contribution < -0.4 is 0 Å². The van der Waals surface area contributed by atoms with Crippen molar-refractivity contribution in [3.05, 3.63) is 52.2 Å². The number of aromatic nitrogens is 1. The monoisotopic (exact) mass is 345 g/mol. The Balaban J connectivity index is 1.89. The fourth-order valence-corrected chi connectivity index (χ4v) is 2.61. The third-order valence-corrected chi connectivity index (χ3v) is 3.69. The average Bonchev–Trinajstić information content (AvgIpc) is 2.97. The highest BCUT2D eigenvalue weighted by Crippen LogP contribution is 2.32. The fraction of sp³-hybridized carbons (Fsp3) is 0.294. The van der Waals surface area contributed by atoms with Crippen LogP contribution in [0.25, 0.3) is 0 Å². The van der Waals surface area contributed by atoms with Crippen LogP contribution in [0.5, 0.6) is 0 Å². The van der Waals surface area contributed by atoms with Crippen molar-refractivity contribution in [2.24, 2.45) is 0 Å². The number of carbonyl (C=O) groups excluding carboxylic acids is 3. The number of hydrogen-bond acceptors (Lipinski definition) is 8. The molecule has 8 nitrogen and oxygen atoms in total. The molecule has 0 radical (unpaired) electrons. The summed E-state index contributed by atoms with van der Waals surface area (Å²) in [7, 11) is 0. The lowest BCUT2D eigenvalue weighted by atomic mass is 9.90. The van der Waals surface area contributed by atoms with Gasteiger partial charge >= 0.3 is 5.97 Å². The first-order valence-electron chi connectivity index (χ1n) is 7.59. The SMILES string of the molecule is Cc1oc2c(c1C(=O)OCCOCCO)C(=O)c1ncccc1C2=O. The molecule has 1 aliphatic rings. The van der Waals surface area contributed by atoms with E-state index >= 15 is 0 Å². The third kappa shape index (κ3) is 2.97. The summed E-state index contributed by atoms with van der Waals surface area (Å²) >= 11 is 0. The van der Waals surface area contributed by atoms with Crippen LogP contribution in [0.2, 0.25) is 0 Å². The molecule has 0 bridgehead atoms. The standard InChI is InChI=1S/C17H15NO7/c1-9-11(17(22)24-8-7-23-6-5-19)12-15(21)13-10(3-2-4-18-13)14(20)16(12)25-9/h2-4,19H,5-8H2,1H3. The molecule has 1 N–H and O–H groups in total. The highest BCUT2D eigenvalue weighted by molar-refractivity contribution is 6.29. The smallest absolute Gasteiger partial charge is 0.342 e. The Labute approximate surface area is 142 Å². The number of aliphatic hydroxyl groups is 1. The van der Waals surface area contributed by atoms with Crippen LogP contribution in [0.15, 0.2) is 22.7 Å². The molecule has 1 aliphatic carbocycles. The molecule has 0 fully saturated rings. The van der Waals surface area contributed by atoms with Crippen LogP contribution in [0, 0.1) is 6.92 Å². The second kappa shape index (κ2) is 6.96. The maximum atomic E-state index is 12.7. The maximum Gasteiger partial charge on any atom is 0.342 e. The number of rotatable bonds is 6. The number of hydrogen-bond donors (Lipinski definition) is 1. The lowest BCUT2D eigenvalue weighted by Gasteiger charge is -2.12. The highest BCUT2D eigenvalue weighted by atomic mass is 16.6. The number of furan rings is 1. The van der Waals surface area contributed by atoms with Gasteiger partial charge in [-0.05, 0) is 19.1 Å². The molecule has 0 saturated carbocycles. The minimum Gasteiger partial charge on any atom is -0.460 e. The van der Waals surface area contributed by atoms with Gasteiger partial charge in [-0.25, -0.2) is 4.79 Å². The van der Waals surface area contributed by atoms with Crippen LogP contribution in [-0.4, -0.2) is 54.1 Å². The Morgan fingerprint density at radius 3 is 2.80 bits per heavy atom. The maximum absolute atomic E-state index is 12.7. The first kappa shape index (κ1) is 17.0. The number of pyridine rings is 1. The van der Waals surface area contributed by atoms with Crippen molar-refractivity contribution in [1.29, 1.82) is 0 Å². The van der Waals surface area contributed by atoms with E-state index in [9.17, 15) is 14.4 Å². The van der Waals surface area contributed by atoms with E-state index in [0.29, 0.717) is 0 Å². The zero-order valence-electron chi connectivity index (χ0n) is 13.4. The van der Waals surface area contributed by atoms with E-state index in [0.717, 1.165) is 0 Å². The molecule has 0 spiro atoms. The lowest BCUT2D eigenvalue weighted by molar-refractivity contribution is 0.0255. The molecule has 8 heteroatoms. The van der Waals surface area contributed by atoms with Crippen LogP contribution in [0.1, 0.15) is 48.3 Å². The minimum atomic E-state index is -0.782. The number of aliphatic hydroxyl groups excluding tert-OH is 1. The van der Waals surface area contributed by atoms with Gasteiger partial charge in [0.15, 0.2) is 5.76 Å². The van der Waals surface area contributed by atoms with E-state index in [1.165, 1.54) is 19.2 Å². The molecule has 25 heavy (non-hydrogen) atoms. The van der Waals surface area contributed by atoms with Crippen LogP contribution >= 0.6 is 0 Å². The minimum absolute atomic E-state index is 0.0128. The van der Waals surface area contributed by atoms with Gasteiger partial charge in [0.05, 0.1) is 30.9 Å². The van der Waals surface area contributed by atoms with Crippen LogP contribution in [0.3, 0.4) is 0 Å². The van der Waals surface area contributed by atoms with Crippen molar-refractivity contribution in [1.82, 2.24) is 4.98 Å². The molecule has 0 amide bonds. The summed E-state index contributed by atoms with van der Waals surface area (Å²) in [5, 5.41) is 8.61. The van der Waals surface area contributed by atoms with E-state index in [-0.39, 0.29) is 60.3 Å². The van der Waals surface area contributed by atoms with Crippen molar-refractivity contribution in [2.75, 3.05) is 26.4 Å². The van der Waals surface area contributed by atoms with E-state index < -0.39 is 17.5 Å². The Bertz CT molecular complexity index is 853. The summed E-state index contributed by atoms with van der Waals surface area (Å²) in [6.45, 7) is 1.52. The van der Waals surface area contributed by atoms with Gasteiger partial charge in [-0.3, -0.25) is 14.6 Å². The average molecular weight is 345 g/mol. The number of esters is 1. The van der Waals surface area contributed by atoms with Gasteiger partial charge in [-0.15, -0.1) is 0 Å². The van der Waals surface area contributed by atoms with Crippen molar-refractivity contribution in [2.45, 2.75) is 6.92 Å². The molecule has 130 valence electrons. The van der Waals surface area contributed by atoms with Crippen molar-refractivity contribution < 1.29 is 33.4 Å². The summed E-state index contributed by atoms with van der Waals surface area (Å²) in [4.78, 5) is 41.4. The molecule has 0 atom stereocenters. The van der Waals surface area contributed by atoms with Gasteiger partial charge in [-0.2, -0.15) is 0 Å². The number of aryl methyl sites for hydroxylation is 1. The third-order valence-electron chi connectivity index (χ3n) is 3.69. The van der Waals surface area contributed by atoms with Gasteiger partial charge in [0.2, 0.25) is 11.6 Å². The van der Waals surface area contributed by atoms with Crippen LogP contribution in [-0.2, 0) is 9.47 Å². The number of ketones is 2. The van der Waals surface area contributed by atoms with Crippen LogP contribution in [0.4, 0.5) is 0 Å². The fourth-order valence-electron chi connectivity index (χ4n) is 2.61. The van der Waals surface area contributed by atoms with Gasteiger partial charge in [0, 0.05) is 6.20 Å². The van der Waals surface area contributed by atoms with Crippen molar-refractivity contribution in [3.8, 4) is 0 Å². The van der Waals surface area contributed by atoms with Gasteiger partial charge in [0.25, 0.3) is 0 Å². The normalized spacial score (nSPS) is 12.7. The Morgan fingerprint density at radius 2 is 2.04 bits per heavy atom. The summed E-state index contributed by atoms with van der Waals surface area (Å²) in [6, 6.07) is 3.03. The summed E-state index contributed by atoms with van der Waals surface area (Å²) in [5.41, 5.74) is -0.0611. The zero-order valence-corrected chi connectivity index (χ0v) is 13.4. The molecular formula is C17H15NO7. The Hall–Kier alpha value is -2.84. The first-order chi connectivity index (χ1) is 12.1. The molecule has 2 aromatic heterocycles. The van der Waals surface area contributed by atoms with E-state index in [1.54, 1.807) is 6.07 Å². The van der Waals surface area contributed by atoms with Gasteiger partial charge < -0.3 is 19.0 Å². The Kier molecular flexibility index (Phi) is 4.73. The predicted molar refractivity (Wildman–Crippen MR) is 82.7 cm³/mol. The van der Waals surface area contributed by atoms with Gasteiger partial charge in [0.1, 0.15) is 23.6 Å². The quantitative estimate of drug-likeness (QED) is 0.518. The summed E-state index contributed by atoms with van der Waals surface area (Å²) < 4.78 is 15.4. The summed E-state index contributed by atoms with van der Waals surface area (Å²) in [6.07, 6.45) is 1.40. The van der Waals surface area contributed by atoms with Crippen molar-refractivity contribution >= 4 is 17.5 Å². The number of fused-ring (bicyclic) bond motifs is 2. The molecular weight excluding hydrogens is 330 g/mol. The lowest BCUT2D eigenvalue weighted by Crippen LogP contribution is -2.23. The van der Waals surface area contributed by atoms with Crippen molar-refractivity contribution in [3.63, 3.8) is 0 Å². The van der Waals surface area contributed by atoms with E-state index in [1.807, 2.05) is 0 Å². The van der Waals surface area contributed by atoms with E-state index in [2.05, 4.69) is 4.98 Å². The largest absolute Gasteiger partial charge is 0.460 e. The topological polar surface area (TPSA) is 116 Å². The molecule has 0 saturated heterocycles. The second-order valence-electron chi connectivity index (χ2n) is 5.27. The number of carbonyl (C=O) groups is 3. The summed E-state index contributed by atoms with van der Waals surface area (Å²) in [5.74, 6) is -1.88. The molecule has 0 aromatic carbocycles. The zero-order chi connectivity index (χ0) is 18.0. The Morgan fingerprint density at radius 1 is 1.24 bits per heavy atom. The molecule has 0 unspecified atom stereocenters. The van der Waals surface area contributed by atoms with E-state index in [4.69, 9.17) is 19.0 Å². The molecule has 0 aliphatic heterocycles. The van der Waals surface area contributed by atoms with Gasteiger partial charge in [-0.1, -0.05) is 0 Å². The second-order valence-corrected chi connectivity index (χ2v) is 5.27. The molecule has 2 heterocycles. The molecule has 2 aromatic rings.